The summed E-state index contributed by atoms with van der Waals surface area (Å²) in [6.07, 6.45) is 1.27. The Kier molecular flexibility index (Phi) is 6.73. The number of halogens is 1. The van der Waals surface area contributed by atoms with E-state index in [1.165, 1.54) is 6.20 Å². The van der Waals surface area contributed by atoms with Crippen LogP contribution in [0.3, 0.4) is 0 Å². The van der Waals surface area contributed by atoms with Crippen molar-refractivity contribution >= 4 is 5.82 Å². The maximum Gasteiger partial charge on any atom is 0.141 e. The van der Waals surface area contributed by atoms with Crippen LogP contribution in [-0.4, -0.2) is 37.8 Å². The molecular weight excluding hydrogens is 245 g/mol. The fourth-order valence-corrected chi connectivity index (χ4v) is 1.82. The third kappa shape index (κ3) is 5.12. The summed E-state index contributed by atoms with van der Waals surface area (Å²) < 4.78 is 18.5. The topological polar surface area (TPSA) is 37.4 Å². The Labute approximate surface area is 115 Å². The van der Waals surface area contributed by atoms with Gasteiger partial charge in [0.2, 0.25) is 0 Å². The van der Waals surface area contributed by atoms with Gasteiger partial charge in [0.1, 0.15) is 11.6 Å². The van der Waals surface area contributed by atoms with Crippen LogP contribution in [0.2, 0.25) is 0 Å². The van der Waals surface area contributed by atoms with E-state index in [9.17, 15) is 4.39 Å². The van der Waals surface area contributed by atoms with Crippen LogP contribution in [0.25, 0.3) is 0 Å². The van der Waals surface area contributed by atoms with E-state index >= 15 is 0 Å². The summed E-state index contributed by atoms with van der Waals surface area (Å²) in [6.45, 7) is 8.99. The molecule has 0 fully saturated rings. The minimum Gasteiger partial charge on any atom is -0.383 e. The van der Waals surface area contributed by atoms with E-state index in [2.05, 4.69) is 36.0 Å². The largest absolute Gasteiger partial charge is 0.383 e. The molecule has 0 aliphatic carbocycles. The van der Waals surface area contributed by atoms with Gasteiger partial charge >= 0.3 is 0 Å². The number of nitrogens with one attached hydrogen (secondary N) is 1. The van der Waals surface area contributed by atoms with E-state index in [4.69, 9.17) is 4.74 Å². The standard InChI is InChI=1S/C14H24FN3O/c1-5-18(6-7-19-4)14-12(9-16-11(2)3)8-13(15)10-17-14/h8,10-11,16H,5-7,9H2,1-4H3. The van der Waals surface area contributed by atoms with Gasteiger partial charge in [-0.15, -0.1) is 0 Å². The molecule has 4 nitrogen and oxygen atoms in total. The summed E-state index contributed by atoms with van der Waals surface area (Å²) in [5.41, 5.74) is 0.881. The van der Waals surface area contributed by atoms with Gasteiger partial charge in [-0.2, -0.15) is 0 Å². The molecule has 0 bridgehead atoms. The van der Waals surface area contributed by atoms with Gasteiger partial charge in [0.25, 0.3) is 0 Å². The molecule has 1 N–H and O–H groups in total. The van der Waals surface area contributed by atoms with Crippen molar-refractivity contribution in [2.45, 2.75) is 33.4 Å². The van der Waals surface area contributed by atoms with Gasteiger partial charge in [0.05, 0.1) is 12.8 Å². The molecule has 0 radical (unpaired) electrons. The minimum absolute atomic E-state index is 0.299. The third-order valence-corrected chi connectivity index (χ3v) is 2.86. The Hall–Kier alpha value is -1.20. The van der Waals surface area contributed by atoms with Gasteiger partial charge in [-0.3, -0.25) is 0 Å². The van der Waals surface area contributed by atoms with Crippen LogP contribution in [0.5, 0.6) is 0 Å². The second-order valence-electron chi connectivity index (χ2n) is 4.74. The molecule has 1 heterocycles. The number of likely N-dealkylation sites (N-methyl/N-ethyl adjacent to an activating group) is 1. The highest BCUT2D eigenvalue weighted by Crippen LogP contribution is 2.18. The highest BCUT2D eigenvalue weighted by molar-refractivity contribution is 5.46. The lowest BCUT2D eigenvalue weighted by atomic mass is 10.2. The van der Waals surface area contributed by atoms with Gasteiger partial charge in [0, 0.05) is 38.3 Å². The second kappa shape index (κ2) is 8.07. The van der Waals surface area contributed by atoms with Crippen molar-refractivity contribution < 1.29 is 9.13 Å². The Morgan fingerprint density at radius 2 is 2.21 bits per heavy atom. The monoisotopic (exact) mass is 269 g/mol. The lowest BCUT2D eigenvalue weighted by molar-refractivity contribution is 0.205. The zero-order valence-electron chi connectivity index (χ0n) is 12.2. The van der Waals surface area contributed by atoms with Crippen LogP contribution in [0.1, 0.15) is 26.3 Å². The molecule has 0 amide bonds. The number of ether oxygens (including phenoxy) is 1. The molecule has 0 saturated heterocycles. The van der Waals surface area contributed by atoms with Gasteiger partial charge < -0.3 is 15.0 Å². The van der Waals surface area contributed by atoms with Crippen molar-refractivity contribution in [2.24, 2.45) is 0 Å². The van der Waals surface area contributed by atoms with E-state index in [1.807, 2.05) is 0 Å². The van der Waals surface area contributed by atoms with Crippen LogP contribution in [0.15, 0.2) is 12.3 Å². The Balaban J connectivity index is 2.89. The fraction of sp³-hybridized carbons (Fsp3) is 0.643. The van der Waals surface area contributed by atoms with E-state index < -0.39 is 0 Å². The molecule has 0 unspecified atom stereocenters. The zero-order valence-corrected chi connectivity index (χ0v) is 12.2. The first-order valence-electron chi connectivity index (χ1n) is 6.70. The number of hydrogen-bond acceptors (Lipinski definition) is 4. The highest BCUT2D eigenvalue weighted by Gasteiger charge is 2.12. The molecule has 0 aromatic carbocycles. The number of pyridine rings is 1. The third-order valence-electron chi connectivity index (χ3n) is 2.86. The quantitative estimate of drug-likeness (QED) is 0.785. The van der Waals surface area contributed by atoms with Gasteiger partial charge in [-0.05, 0) is 13.0 Å². The summed E-state index contributed by atoms with van der Waals surface area (Å²) in [6, 6.07) is 1.90. The van der Waals surface area contributed by atoms with E-state index in [1.54, 1.807) is 13.2 Å². The Morgan fingerprint density at radius 1 is 1.47 bits per heavy atom. The summed E-state index contributed by atoms with van der Waals surface area (Å²) in [4.78, 5) is 6.33. The van der Waals surface area contributed by atoms with Crippen molar-refractivity contribution in [3.05, 3.63) is 23.6 Å². The molecule has 108 valence electrons. The van der Waals surface area contributed by atoms with Gasteiger partial charge in [-0.1, -0.05) is 13.8 Å². The molecule has 0 aliphatic rings. The maximum absolute atomic E-state index is 13.4. The van der Waals surface area contributed by atoms with Crippen molar-refractivity contribution in [3.63, 3.8) is 0 Å². The first-order valence-corrected chi connectivity index (χ1v) is 6.70. The molecule has 19 heavy (non-hydrogen) atoms. The van der Waals surface area contributed by atoms with Crippen LogP contribution >= 0.6 is 0 Å². The number of aromatic nitrogens is 1. The van der Waals surface area contributed by atoms with Crippen LogP contribution in [0, 0.1) is 5.82 Å². The molecule has 1 rings (SSSR count). The normalized spacial score (nSPS) is 11.1. The number of nitrogens with zero attached hydrogens (tertiary/aromatic N) is 2. The molecule has 0 saturated carbocycles. The lowest BCUT2D eigenvalue weighted by Gasteiger charge is -2.24. The molecule has 1 aromatic rings. The smallest absolute Gasteiger partial charge is 0.141 e. The first kappa shape index (κ1) is 15.9. The van der Waals surface area contributed by atoms with Crippen molar-refractivity contribution in [3.8, 4) is 0 Å². The molecule has 0 spiro atoms. The summed E-state index contributed by atoms with van der Waals surface area (Å²) in [5.74, 6) is 0.529. The molecule has 5 heteroatoms. The maximum atomic E-state index is 13.4. The SMILES string of the molecule is CCN(CCOC)c1ncc(F)cc1CNC(C)C. The van der Waals surface area contributed by atoms with Crippen molar-refractivity contribution in [2.75, 3.05) is 31.7 Å². The molecular formula is C14H24FN3O. The highest BCUT2D eigenvalue weighted by atomic mass is 19.1. The van der Waals surface area contributed by atoms with Crippen LogP contribution in [0.4, 0.5) is 10.2 Å². The summed E-state index contributed by atoms with van der Waals surface area (Å²) in [5, 5.41) is 3.30. The second-order valence-corrected chi connectivity index (χ2v) is 4.74. The first-order chi connectivity index (χ1) is 9.08. The van der Waals surface area contributed by atoms with Crippen LogP contribution in [-0.2, 0) is 11.3 Å². The average Bonchev–Trinajstić information content (AvgIpc) is 2.38. The summed E-state index contributed by atoms with van der Waals surface area (Å²) >= 11 is 0. The van der Waals surface area contributed by atoms with E-state index in [0.29, 0.717) is 19.2 Å². The Morgan fingerprint density at radius 3 is 2.79 bits per heavy atom. The van der Waals surface area contributed by atoms with E-state index in [0.717, 1.165) is 24.5 Å². The van der Waals surface area contributed by atoms with Gasteiger partial charge in [-0.25, -0.2) is 9.37 Å². The number of anilines is 1. The van der Waals surface area contributed by atoms with Gasteiger partial charge in [0.15, 0.2) is 0 Å². The minimum atomic E-state index is -0.299. The lowest BCUT2D eigenvalue weighted by Crippen LogP contribution is -2.30. The van der Waals surface area contributed by atoms with Crippen molar-refractivity contribution in [1.82, 2.24) is 10.3 Å². The fourth-order valence-electron chi connectivity index (χ4n) is 1.82. The number of methoxy groups -OCH3 is 1. The number of hydrogen-bond donors (Lipinski definition) is 1. The predicted molar refractivity (Wildman–Crippen MR) is 75.9 cm³/mol. The average molecular weight is 269 g/mol. The van der Waals surface area contributed by atoms with Crippen LogP contribution < -0.4 is 10.2 Å². The van der Waals surface area contributed by atoms with E-state index in [-0.39, 0.29) is 5.82 Å². The summed E-state index contributed by atoms with van der Waals surface area (Å²) in [7, 11) is 1.67. The molecule has 0 atom stereocenters. The number of rotatable bonds is 8. The molecule has 0 aliphatic heterocycles. The van der Waals surface area contributed by atoms with Crippen molar-refractivity contribution in [1.29, 1.82) is 0 Å². The predicted octanol–water partition coefficient (Wildman–Crippen LogP) is 2.19. The zero-order chi connectivity index (χ0) is 14.3. The molecule has 1 aromatic heterocycles. The Bertz CT molecular complexity index is 385.